The van der Waals surface area contributed by atoms with Crippen molar-refractivity contribution in [2.45, 2.75) is 72.0 Å². The number of benzene rings is 3. The number of fused-ring (bicyclic) bond motifs is 1. The van der Waals surface area contributed by atoms with Crippen molar-refractivity contribution in [1.82, 2.24) is 5.32 Å². The molecule has 1 unspecified atom stereocenters. The number of aryl methyl sites for hydroxylation is 3. The van der Waals surface area contributed by atoms with E-state index in [1.54, 1.807) is 0 Å². The monoisotopic (exact) mass is 544 g/mol. The minimum Gasteiger partial charge on any atom is -0.493 e. The summed E-state index contributed by atoms with van der Waals surface area (Å²) in [6.07, 6.45) is 2.30. The summed E-state index contributed by atoms with van der Waals surface area (Å²) in [4.78, 5) is 25.5. The summed E-state index contributed by atoms with van der Waals surface area (Å²) in [5.41, 5.74) is 5.93. The number of carboxylic acids is 1. The molecule has 3 aromatic rings. The Balaban J connectivity index is 1.65. The molecule has 1 aliphatic rings. The van der Waals surface area contributed by atoms with E-state index in [4.69, 9.17) is 9.47 Å². The van der Waals surface area contributed by atoms with Crippen LogP contribution in [-0.4, -0.2) is 35.9 Å². The Morgan fingerprint density at radius 2 is 1.82 bits per heavy atom. The normalized spacial score (nSPS) is 13.6. The summed E-state index contributed by atoms with van der Waals surface area (Å²) in [7, 11) is 0. The largest absolute Gasteiger partial charge is 0.493 e. The smallest absolute Gasteiger partial charge is 0.337 e. The van der Waals surface area contributed by atoms with Crippen LogP contribution in [0.4, 0.5) is 10.5 Å². The molecule has 1 aliphatic heterocycles. The lowest BCUT2D eigenvalue weighted by Crippen LogP contribution is -2.31. The fourth-order valence-electron chi connectivity index (χ4n) is 5.19. The molecule has 0 saturated carbocycles. The average Bonchev–Trinajstić information content (AvgIpc) is 2.91. The number of carbonyl (C=O) groups is 2. The van der Waals surface area contributed by atoms with Gasteiger partial charge >= 0.3 is 12.0 Å². The van der Waals surface area contributed by atoms with Crippen molar-refractivity contribution in [2.75, 3.05) is 18.5 Å². The van der Waals surface area contributed by atoms with Gasteiger partial charge in [0.15, 0.2) is 6.10 Å². The topological polar surface area (TPSA) is 96.9 Å². The molecule has 0 saturated heterocycles. The van der Waals surface area contributed by atoms with Gasteiger partial charge in [-0.2, -0.15) is 0 Å². The van der Waals surface area contributed by atoms with Gasteiger partial charge in [0.05, 0.1) is 12.2 Å². The molecule has 0 bridgehead atoms. The van der Waals surface area contributed by atoms with Crippen LogP contribution in [0.5, 0.6) is 5.75 Å². The highest BCUT2D eigenvalue weighted by atomic mass is 16.5. The first-order valence-electron chi connectivity index (χ1n) is 13.9. The van der Waals surface area contributed by atoms with Gasteiger partial charge in [0, 0.05) is 17.8 Å². The van der Waals surface area contributed by atoms with Gasteiger partial charge in [-0.1, -0.05) is 36.4 Å². The van der Waals surface area contributed by atoms with Crippen molar-refractivity contribution >= 4 is 17.7 Å². The standard InChI is InChI=1S/C33H40N2O5/c1-21-19-26(35-32(38)34-17-9-13-23-11-7-6-8-12-23)22(2)29(30(31(36)37)40-33(3,4)5)28(21)25-15-16-27-24(20-25)14-10-18-39-27/h6-8,11-12,15-16,19-20,30H,9-10,13-14,17-18H2,1-5H3,(H,36,37)(H2,34,35,38). The molecule has 1 heterocycles. The van der Waals surface area contributed by atoms with Gasteiger partial charge in [0.25, 0.3) is 0 Å². The van der Waals surface area contributed by atoms with Crippen LogP contribution in [0, 0.1) is 13.8 Å². The van der Waals surface area contributed by atoms with Crippen molar-refractivity contribution in [3.8, 4) is 16.9 Å². The Bertz CT molecular complexity index is 1360. The van der Waals surface area contributed by atoms with E-state index >= 15 is 0 Å². The predicted molar refractivity (Wildman–Crippen MR) is 158 cm³/mol. The summed E-state index contributed by atoms with van der Waals surface area (Å²) in [5.74, 6) is -0.212. The number of nitrogens with one attached hydrogen (secondary N) is 2. The van der Waals surface area contributed by atoms with Crippen LogP contribution >= 0.6 is 0 Å². The third kappa shape index (κ3) is 7.21. The fraction of sp³-hybridized carbons (Fsp3) is 0.394. The molecule has 3 N–H and O–H groups in total. The number of amides is 2. The zero-order valence-corrected chi connectivity index (χ0v) is 24.1. The van der Waals surface area contributed by atoms with E-state index in [1.807, 2.05) is 71.0 Å². The molecule has 4 rings (SSSR count). The number of ether oxygens (including phenoxy) is 2. The summed E-state index contributed by atoms with van der Waals surface area (Å²) in [5, 5.41) is 16.2. The second-order valence-electron chi connectivity index (χ2n) is 11.3. The number of carboxylic acid groups (broad SMARTS) is 1. The summed E-state index contributed by atoms with van der Waals surface area (Å²) < 4.78 is 11.9. The number of urea groups is 1. The molecular weight excluding hydrogens is 504 g/mol. The molecule has 0 radical (unpaired) electrons. The summed E-state index contributed by atoms with van der Waals surface area (Å²) in [6, 6.07) is 17.7. The van der Waals surface area contributed by atoms with E-state index < -0.39 is 17.7 Å². The molecule has 1 atom stereocenters. The predicted octanol–water partition coefficient (Wildman–Crippen LogP) is 6.99. The van der Waals surface area contributed by atoms with Crippen LogP contribution in [0.3, 0.4) is 0 Å². The fourth-order valence-corrected chi connectivity index (χ4v) is 5.19. The Labute approximate surface area is 236 Å². The molecule has 2 amide bonds. The Morgan fingerprint density at radius 3 is 2.52 bits per heavy atom. The number of anilines is 1. The number of hydrogen-bond acceptors (Lipinski definition) is 4. The average molecular weight is 545 g/mol. The van der Waals surface area contributed by atoms with E-state index in [9.17, 15) is 14.7 Å². The number of hydrogen-bond donors (Lipinski definition) is 3. The van der Waals surface area contributed by atoms with E-state index in [-0.39, 0.29) is 6.03 Å². The Hall–Kier alpha value is -3.84. The zero-order chi connectivity index (χ0) is 28.9. The first-order chi connectivity index (χ1) is 19.0. The van der Waals surface area contributed by atoms with Gasteiger partial charge in [-0.3, -0.25) is 0 Å². The van der Waals surface area contributed by atoms with Crippen LogP contribution in [0.25, 0.3) is 11.1 Å². The van der Waals surface area contributed by atoms with Crippen molar-refractivity contribution in [3.05, 3.63) is 82.4 Å². The zero-order valence-electron chi connectivity index (χ0n) is 24.1. The van der Waals surface area contributed by atoms with Crippen molar-refractivity contribution < 1.29 is 24.2 Å². The molecule has 3 aromatic carbocycles. The quantitative estimate of drug-likeness (QED) is 0.252. The summed E-state index contributed by atoms with van der Waals surface area (Å²) in [6.45, 7) is 10.5. The van der Waals surface area contributed by atoms with Gasteiger partial charge < -0.3 is 25.2 Å². The van der Waals surface area contributed by atoms with Crippen molar-refractivity contribution in [1.29, 1.82) is 0 Å². The maximum Gasteiger partial charge on any atom is 0.337 e. The molecule has 212 valence electrons. The molecule has 0 spiro atoms. The lowest BCUT2D eigenvalue weighted by atomic mass is 9.86. The minimum atomic E-state index is -1.23. The SMILES string of the molecule is Cc1cc(NC(=O)NCCCc2ccccc2)c(C)c(C(OC(C)(C)C)C(=O)O)c1-c1ccc2c(c1)CCCO2. The first kappa shape index (κ1) is 29.2. The van der Waals surface area contributed by atoms with Crippen LogP contribution in [0.1, 0.15) is 67.5 Å². The third-order valence-electron chi connectivity index (χ3n) is 7.01. The van der Waals surface area contributed by atoms with E-state index in [2.05, 4.69) is 28.8 Å². The summed E-state index contributed by atoms with van der Waals surface area (Å²) >= 11 is 0. The molecule has 40 heavy (non-hydrogen) atoms. The number of carbonyl (C=O) groups excluding carboxylic acids is 1. The highest BCUT2D eigenvalue weighted by Gasteiger charge is 2.32. The molecule has 0 aromatic heterocycles. The highest BCUT2D eigenvalue weighted by molar-refractivity contribution is 5.93. The van der Waals surface area contributed by atoms with Gasteiger partial charge in [-0.05, 0) is 112 Å². The third-order valence-corrected chi connectivity index (χ3v) is 7.01. The molecule has 7 heteroatoms. The van der Waals surface area contributed by atoms with Crippen LogP contribution in [0.15, 0.2) is 54.6 Å². The van der Waals surface area contributed by atoms with E-state index in [0.29, 0.717) is 30.0 Å². The van der Waals surface area contributed by atoms with Crippen molar-refractivity contribution in [2.24, 2.45) is 0 Å². The lowest BCUT2D eigenvalue weighted by molar-refractivity contribution is -0.160. The number of rotatable bonds is 9. The molecule has 7 nitrogen and oxygen atoms in total. The number of aliphatic carboxylic acids is 1. The molecular formula is C33H40N2O5. The maximum atomic E-state index is 12.9. The van der Waals surface area contributed by atoms with Crippen LogP contribution in [-0.2, 0) is 22.4 Å². The van der Waals surface area contributed by atoms with Gasteiger partial charge in [-0.25, -0.2) is 9.59 Å². The minimum absolute atomic E-state index is 0.330. The second kappa shape index (κ2) is 12.6. The van der Waals surface area contributed by atoms with Gasteiger partial charge in [0.1, 0.15) is 5.75 Å². The lowest BCUT2D eigenvalue weighted by Gasteiger charge is -2.30. The van der Waals surface area contributed by atoms with Crippen LogP contribution in [0.2, 0.25) is 0 Å². The van der Waals surface area contributed by atoms with Gasteiger partial charge in [0.2, 0.25) is 0 Å². The Kier molecular flexibility index (Phi) is 9.15. The highest BCUT2D eigenvalue weighted by Crippen LogP contribution is 2.42. The Morgan fingerprint density at radius 1 is 1.07 bits per heavy atom. The van der Waals surface area contributed by atoms with E-state index in [1.165, 1.54) is 5.56 Å². The molecule has 0 fully saturated rings. The van der Waals surface area contributed by atoms with Crippen LogP contribution < -0.4 is 15.4 Å². The maximum absolute atomic E-state index is 12.9. The van der Waals surface area contributed by atoms with Crippen molar-refractivity contribution in [3.63, 3.8) is 0 Å². The first-order valence-corrected chi connectivity index (χ1v) is 13.9. The molecule has 0 aliphatic carbocycles. The van der Waals surface area contributed by atoms with E-state index in [0.717, 1.165) is 53.7 Å². The second-order valence-corrected chi connectivity index (χ2v) is 11.3. The van der Waals surface area contributed by atoms with Gasteiger partial charge in [-0.15, -0.1) is 0 Å².